The average molecular weight is 332 g/mol. The van der Waals surface area contributed by atoms with Crippen LogP contribution in [0.1, 0.15) is 39.9 Å². The summed E-state index contributed by atoms with van der Waals surface area (Å²) in [5.41, 5.74) is 1.45. The SMILES string of the molecule is Cc1cc(OC2CCN(C(=O)c3csc(C)n3)CC2)nc(C)n1. The lowest BCUT2D eigenvalue weighted by atomic mass is 10.1. The summed E-state index contributed by atoms with van der Waals surface area (Å²) in [7, 11) is 0. The number of carbonyl (C=O) groups is 1. The first kappa shape index (κ1) is 15.9. The monoisotopic (exact) mass is 332 g/mol. The number of thiazole rings is 1. The zero-order valence-electron chi connectivity index (χ0n) is 13.6. The van der Waals surface area contributed by atoms with Gasteiger partial charge in [-0.3, -0.25) is 4.79 Å². The summed E-state index contributed by atoms with van der Waals surface area (Å²) < 4.78 is 5.95. The van der Waals surface area contributed by atoms with Gasteiger partial charge in [0.05, 0.1) is 5.01 Å². The van der Waals surface area contributed by atoms with E-state index in [2.05, 4.69) is 15.0 Å². The van der Waals surface area contributed by atoms with Gasteiger partial charge in [0.25, 0.3) is 5.91 Å². The van der Waals surface area contributed by atoms with Gasteiger partial charge in [0.15, 0.2) is 0 Å². The Balaban J connectivity index is 1.57. The number of aromatic nitrogens is 3. The Kier molecular flexibility index (Phi) is 4.56. The van der Waals surface area contributed by atoms with Crippen LogP contribution in [-0.4, -0.2) is 45.0 Å². The molecule has 0 aliphatic carbocycles. The fraction of sp³-hybridized carbons (Fsp3) is 0.500. The first-order valence-electron chi connectivity index (χ1n) is 7.71. The van der Waals surface area contributed by atoms with Crippen molar-refractivity contribution in [3.63, 3.8) is 0 Å². The molecule has 122 valence electrons. The van der Waals surface area contributed by atoms with E-state index in [1.54, 1.807) is 0 Å². The van der Waals surface area contributed by atoms with Crippen molar-refractivity contribution >= 4 is 17.2 Å². The van der Waals surface area contributed by atoms with E-state index in [0.29, 0.717) is 30.5 Å². The van der Waals surface area contributed by atoms with Crippen molar-refractivity contribution in [2.45, 2.75) is 39.7 Å². The van der Waals surface area contributed by atoms with Crippen molar-refractivity contribution in [3.05, 3.63) is 33.7 Å². The first-order valence-corrected chi connectivity index (χ1v) is 8.59. The molecule has 3 heterocycles. The number of piperidine rings is 1. The van der Waals surface area contributed by atoms with Crippen LogP contribution in [0.4, 0.5) is 0 Å². The molecule has 23 heavy (non-hydrogen) atoms. The maximum absolute atomic E-state index is 12.4. The molecular weight excluding hydrogens is 312 g/mol. The van der Waals surface area contributed by atoms with Crippen LogP contribution in [0.5, 0.6) is 5.88 Å². The number of carbonyl (C=O) groups excluding carboxylic acids is 1. The third-order valence-electron chi connectivity index (χ3n) is 3.80. The summed E-state index contributed by atoms with van der Waals surface area (Å²) in [6.45, 7) is 7.06. The second kappa shape index (κ2) is 6.62. The largest absolute Gasteiger partial charge is 0.474 e. The fourth-order valence-electron chi connectivity index (χ4n) is 2.71. The van der Waals surface area contributed by atoms with Crippen LogP contribution in [0.15, 0.2) is 11.4 Å². The van der Waals surface area contributed by atoms with Gasteiger partial charge in [-0.1, -0.05) is 0 Å². The highest BCUT2D eigenvalue weighted by molar-refractivity contribution is 7.09. The van der Waals surface area contributed by atoms with Crippen molar-refractivity contribution in [1.82, 2.24) is 19.9 Å². The summed E-state index contributed by atoms with van der Waals surface area (Å²) in [6, 6.07) is 1.85. The normalized spacial score (nSPS) is 15.7. The predicted molar refractivity (Wildman–Crippen MR) is 87.9 cm³/mol. The fourth-order valence-corrected chi connectivity index (χ4v) is 3.30. The predicted octanol–water partition coefficient (Wildman–Crippen LogP) is 2.54. The Bertz CT molecular complexity index is 688. The molecule has 2 aromatic heterocycles. The van der Waals surface area contributed by atoms with E-state index in [-0.39, 0.29) is 12.0 Å². The molecule has 3 rings (SSSR count). The van der Waals surface area contributed by atoms with Crippen LogP contribution >= 0.6 is 11.3 Å². The zero-order chi connectivity index (χ0) is 16.4. The average Bonchev–Trinajstić information content (AvgIpc) is 2.93. The third kappa shape index (κ3) is 3.85. The molecule has 1 fully saturated rings. The molecule has 0 aromatic carbocycles. The number of aryl methyl sites for hydroxylation is 3. The molecule has 1 aliphatic heterocycles. The van der Waals surface area contributed by atoms with Crippen molar-refractivity contribution in [2.24, 2.45) is 0 Å². The van der Waals surface area contributed by atoms with Crippen LogP contribution < -0.4 is 4.74 Å². The molecule has 0 N–H and O–H groups in total. The number of likely N-dealkylation sites (tertiary alicyclic amines) is 1. The first-order chi connectivity index (χ1) is 11.0. The number of hydrogen-bond donors (Lipinski definition) is 0. The van der Waals surface area contributed by atoms with Gasteiger partial charge >= 0.3 is 0 Å². The topological polar surface area (TPSA) is 68.2 Å². The third-order valence-corrected chi connectivity index (χ3v) is 4.57. The molecular formula is C16H20N4O2S. The van der Waals surface area contributed by atoms with E-state index in [1.807, 2.05) is 37.1 Å². The maximum Gasteiger partial charge on any atom is 0.273 e. The van der Waals surface area contributed by atoms with Gasteiger partial charge < -0.3 is 9.64 Å². The maximum atomic E-state index is 12.4. The number of amides is 1. The van der Waals surface area contributed by atoms with Gasteiger partial charge in [0, 0.05) is 43.1 Å². The van der Waals surface area contributed by atoms with Crippen LogP contribution in [0, 0.1) is 20.8 Å². The minimum atomic E-state index is 0.0153. The van der Waals surface area contributed by atoms with E-state index in [4.69, 9.17) is 4.74 Å². The minimum absolute atomic E-state index is 0.0153. The lowest BCUT2D eigenvalue weighted by Crippen LogP contribution is -2.42. The Morgan fingerprint density at radius 1 is 1.22 bits per heavy atom. The summed E-state index contributed by atoms with van der Waals surface area (Å²) in [5.74, 6) is 1.35. The Hall–Kier alpha value is -2.02. The van der Waals surface area contributed by atoms with Gasteiger partial charge in [-0.15, -0.1) is 11.3 Å². The van der Waals surface area contributed by atoms with Crippen LogP contribution in [0.2, 0.25) is 0 Å². The highest BCUT2D eigenvalue weighted by Gasteiger charge is 2.26. The minimum Gasteiger partial charge on any atom is -0.474 e. The Morgan fingerprint density at radius 2 is 1.96 bits per heavy atom. The van der Waals surface area contributed by atoms with Crippen molar-refractivity contribution in [3.8, 4) is 5.88 Å². The lowest BCUT2D eigenvalue weighted by Gasteiger charge is -2.31. The summed E-state index contributed by atoms with van der Waals surface area (Å²) in [6.07, 6.45) is 1.69. The summed E-state index contributed by atoms with van der Waals surface area (Å²) in [5, 5.41) is 2.74. The number of hydrogen-bond acceptors (Lipinski definition) is 6. The summed E-state index contributed by atoms with van der Waals surface area (Å²) >= 11 is 1.50. The van der Waals surface area contributed by atoms with Crippen LogP contribution in [0.3, 0.4) is 0 Å². The van der Waals surface area contributed by atoms with Gasteiger partial charge in [0.1, 0.15) is 17.6 Å². The Labute approximate surface area is 139 Å². The van der Waals surface area contributed by atoms with E-state index in [0.717, 1.165) is 23.5 Å². The van der Waals surface area contributed by atoms with E-state index >= 15 is 0 Å². The molecule has 1 saturated heterocycles. The highest BCUT2D eigenvalue weighted by Crippen LogP contribution is 2.20. The molecule has 0 spiro atoms. The molecule has 6 nitrogen and oxygen atoms in total. The molecule has 1 amide bonds. The van der Waals surface area contributed by atoms with Gasteiger partial charge in [-0.05, 0) is 20.8 Å². The summed E-state index contributed by atoms with van der Waals surface area (Å²) in [4.78, 5) is 27.1. The number of ether oxygens (including phenoxy) is 1. The van der Waals surface area contributed by atoms with Crippen LogP contribution in [0.25, 0.3) is 0 Å². The molecule has 2 aromatic rings. The Morgan fingerprint density at radius 3 is 2.57 bits per heavy atom. The van der Waals surface area contributed by atoms with E-state index in [1.165, 1.54) is 11.3 Å². The molecule has 1 aliphatic rings. The number of rotatable bonds is 3. The molecule has 0 saturated carbocycles. The number of nitrogens with zero attached hydrogens (tertiary/aromatic N) is 4. The molecule has 0 radical (unpaired) electrons. The van der Waals surface area contributed by atoms with Gasteiger partial charge in [-0.2, -0.15) is 4.98 Å². The zero-order valence-corrected chi connectivity index (χ0v) is 14.4. The molecule has 0 bridgehead atoms. The van der Waals surface area contributed by atoms with Crippen molar-refractivity contribution < 1.29 is 9.53 Å². The highest BCUT2D eigenvalue weighted by atomic mass is 32.1. The molecule has 7 heteroatoms. The second-order valence-corrected chi connectivity index (χ2v) is 6.82. The quantitative estimate of drug-likeness (QED) is 0.864. The smallest absolute Gasteiger partial charge is 0.273 e. The molecule has 0 atom stereocenters. The van der Waals surface area contributed by atoms with Crippen molar-refractivity contribution in [2.75, 3.05) is 13.1 Å². The second-order valence-electron chi connectivity index (χ2n) is 5.76. The lowest BCUT2D eigenvalue weighted by molar-refractivity contribution is 0.0582. The van der Waals surface area contributed by atoms with Crippen molar-refractivity contribution in [1.29, 1.82) is 0 Å². The standard InChI is InChI=1S/C16H20N4O2S/c1-10-8-15(18-11(2)17-10)22-13-4-6-20(7-5-13)16(21)14-9-23-12(3)19-14/h8-9,13H,4-7H2,1-3H3. The van der Waals surface area contributed by atoms with E-state index < -0.39 is 0 Å². The van der Waals surface area contributed by atoms with Gasteiger partial charge in [0.2, 0.25) is 5.88 Å². The van der Waals surface area contributed by atoms with Gasteiger partial charge in [-0.25, -0.2) is 9.97 Å². The van der Waals surface area contributed by atoms with E-state index in [9.17, 15) is 4.79 Å². The molecule has 0 unspecified atom stereocenters. The van der Waals surface area contributed by atoms with Crippen LogP contribution in [-0.2, 0) is 0 Å².